The molecule has 90 valence electrons. The van der Waals surface area contributed by atoms with Crippen molar-refractivity contribution in [2.75, 3.05) is 27.7 Å². The van der Waals surface area contributed by atoms with Crippen molar-refractivity contribution < 1.29 is 19.5 Å². The summed E-state index contributed by atoms with van der Waals surface area (Å²) in [7, 11) is 5.87. The Bertz CT molecular complexity index is 210. The third kappa shape index (κ3) is 7.33. The van der Waals surface area contributed by atoms with Gasteiger partial charge in [-0.2, -0.15) is 0 Å². The first-order valence-corrected chi connectivity index (χ1v) is 5.43. The van der Waals surface area contributed by atoms with Gasteiger partial charge in [-0.15, -0.1) is 0 Å². The van der Waals surface area contributed by atoms with Crippen molar-refractivity contribution in [2.45, 2.75) is 38.2 Å². The second kappa shape index (κ2) is 5.47. The molecule has 0 radical (unpaired) electrons. The van der Waals surface area contributed by atoms with Crippen LogP contribution < -0.4 is 0 Å². The second-order valence-corrected chi connectivity index (χ2v) is 5.35. The molecule has 0 spiro atoms. The number of carbonyl (C=O) groups is 1. The Morgan fingerprint density at radius 3 is 2.20 bits per heavy atom. The minimum absolute atomic E-state index is 0.164. The number of hydrogen-bond donors (Lipinski definition) is 2. The van der Waals surface area contributed by atoms with E-state index < -0.39 is 11.6 Å². The van der Waals surface area contributed by atoms with Crippen LogP contribution in [0.25, 0.3) is 0 Å². The van der Waals surface area contributed by atoms with Crippen molar-refractivity contribution in [3.63, 3.8) is 0 Å². The van der Waals surface area contributed by atoms with Gasteiger partial charge in [0.1, 0.15) is 12.1 Å². The summed E-state index contributed by atoms with van der Waals surface area (Å²) in [4.78, 5) is 10.7. The minimum Gasteiger partial charge on any atom is -0.481 e. The van der Waals surface area contributed by atoms with Crippen LogP contribution in [0.1, 0.15) is 32.6 Å². The number of nitrogens with zero attached hydrogens (tertiary/aromatic N) is 1. The van der Waals surface area contributed by atoms with E-state index in [4.69, 9.17) is 5.11 Å². The van der Waals surface area contributed by atoms with Gasteiger partial charge in [-0.05, 0) is 6.42 Å². The lowest BCUT2D eigenvalue weighted by molar-refractivity contribution is -0.877. The van der Waals surface area contributed by atoms with Crippen LogP contribution in [0.3, 0.4) is 0 Å². The van der Waals surface area contributed by atoms with E-state index in [0.29, 0.717) is 17.4 Å². The molecule has 15 heavy (non-hydrogen) atoms. The van der Waals surface area contributed by atoms with Crippen molar-refractivity contribution in [3.05, 3.63) is 0 Å². The first-order chi connectivity index (χ1) is 6.68. The lowest BCUT2D eigenvalue weighted by Gasteiger charge is -2.34. The van der Waals surface area contributed by atoms with E-state index in [1.54, 1.807) is 0 Å². The van der Waals surface area contributed by atoms with Gasteiger partial charge in [-0.1, -0.05) is 19.8 Å². The standard InChI is InChI=1S/C11H23NO3/c1-5-6-7-11(15,8-10(13)14)9-12(2,3)4/h15H,5-9H2,1-4H3/p+1. The molecule has 4 heteroatoms. The number of rotatable bonds is 7. The number of aliphatic carboxylic acids is 1. The Hall–Kier alpha value is -0.610. The zero-order chi connectivity index (χ0) is 12.1. The molecule has 1 unspecified atom stereocenters. The van der Waals surface area contributed by atoms with Gasteiger partial charge in [0.05, 0.1) is 27.6 Å². The normalized spacial score (nSPS) is 16.1. The third-order valence-electron chi connectivity index (χ3n) is 2.24. The van der Waals surface area contributed by atoms with E-state index in [9.17, 15) is 9.90 Å². The number of quaternary nitrogens is 1. The summed E-state index contributed by atoms with van der Waals surface area (Å²) in [5.41, 5.74) is -1.07. The fraction of sp³-hybridized carbons (Fsp3) is 0.909. The molecule has 1 atom stereocenters. The van der Waals surface area contributed by atoms with Crippen molar-refractivity contribution in [1.29, 1.82) is 0 Å². The van der Waals surface area contributed by atoms with Gasteiger partial charge in [0.2, 0.25) is 0 Å². The SMILES string of the molecule is CCCCC(O)(CC(=O)O)C[N+](C)(C)C. The maximum atomic E-state index is 10.7. The summed E-state index contributed by atoms with van der Waals surface area (Å²) in [5.74, 6) is -0.929. The highest BCUT2D eigenvalue weighted by atomic mass is 16.4. The zero-order valence-corrected chi connectivity index (χ0v) is 10.3. The molecule has 0 aliphatic carbocycles. The molecule has 0 aromatic rings. The highest BCUT2D eigenvalue weighted by molar-refractivity contribution is 5.68. The quantitative estimate of drug-likeness (QED) is 0.629. The van der Waals surface area contributed by atoms with Crippen molar-refractivity contribution in [1.82, 2.24) is 0 Å². The topological polar surface area (TPSA) is 57.5 Å². The molecule has 0 aromatic carbocycles. The van der Waals surface area contributed by atoms with Gasteiger partial charge in [-0.25, -0.2) is 0 Å². The maximum Gasteiger partial charge on any atom is 0.306 e. The van der Waals surface area contributed by atoms with Crippen LogP contribution in [0.2, 0.25) is 0 Å². The molecule has 0 amide bonds. The van der Waals surface area contributed by atoms with Crippen LogP contribution in [0.15, 0.2) is 0 Å². The van der Waals surface area contributed by atoms with E-state index in [-0.39, 0.29) is 6.42 Å². The van der Waals surface area contributed by atoms with E-state index in [1.807, 2.05) is 28.1 Å². The molecule has 2 N–H and O–H groups in total. The fourth-order valence-electron chi connectivity index (χ4n) is 1.89. The van der Waals surface area contributed by atoms with Gasteiger partial charge in [0.25, 0.3) is 0 Å². The highest BCUT2D eigenvalue weighted by Gasteiger charge is 2.35. The van der Waals surface area contributed by atoms with Crippen LogP contribution in [0.5, 0.6) is 0 Å². The number of unbranched alkanes of at least 4 members (excludes halogenated alkanes) is 1. The second-order valence-electron chi connectivity index (χ2n) is 5.35. The Morgan fingerprint density at radius 1 is 1.33 bits per heavy atom. The molecule has 0 fully saturated rings. The number of carboxylic acids is 1. The van der Waals surface area contributed by atoms with Gasteiger partial charge in [0.15, 0.2) is 0 Å². The number of hydrogen-bond acceptors (Lipinski definition) is 2. The highest BCUT2D eigenvalue weighted by Crippen LogP contribution is 2.21. The summed E-state index contributed by atoms with van der Waals surface area (Å²) >= 11 is 0. The van der Waals surface area contributed by atoms with Gasteiger partial charge in [0, 0.05) is 0 Å². The maximum absolute atomic E-state index is 10.7. The van der Waals surface area contributed by atoms with E-state index in [1.165, 1.54) is 0 Å². The number of likely N-dealkylation sites (N-methyl/N-ethyl adjacent to an activating group) is 1. The lowest BCUT2D eigenvalue weighted by Crippen LogP contribution is -2.50. The fourth-order valence-corrected chi connectivity index (χ4v) is 1.89. The Labute approximate surface area is 92.1 Å². The largest absolute Gasteiger partial charge is 0.481 e. The third-order valence-corrected chi connectivity index (χ3v) is 2.24. The van der Waals surface area contributed by atoms with E-state index >= 15 is 0 Å². The average molecular weight is 218 g/mol. The molecular formula is C11H24NO3+. The lowest BCUT2D eigenvalue weighted by atomic mass is 9.92. The van der Waals surface area contributed by atoms with Crippen LogP contribution in [-0.4, -0.2) is 54.0 Å². The van der Waals surface area contributed by atoms with Gasteiger partial charge < -0.3 is 14.7 Å². The van der Waals surface area contributed by atoms with Crippen molar-refractivity contribution in [3.8, 4) is 0 Å². The molecule has 0 aromatic heterocycles. The van der Waals surface area contributed by atoms with E-state index in [0.717, 1.165) is 12.8 Å². The molecule has 0 saturated heterocycles. The van der Waals surface area contributed by atoms with Crippen molar-refractivity contribution >= 4 is 5.97 Å². The minimum atomic E-state index is -1.07. The van der Waals surface area contributed by atoms with E-state index in [2.05, 4.69) is 0 Å². The van der Waals surface area contributed by atoms with Crippen LogP contribution in [-0.2, 0) is 4.79 Å². The molecule has 0 bridgehead atoms. The summed E-state index contributed by atoms with van der Waals surface area (Å²) < 4.78 is 0.577. The summed E-state index contributed by atoms with van der Waals surface area (Å²) in [5, 5.41) is 19.0. The van der Waals surface area contributed by atoms with Gasteiger partial charge >= 0.3 is 5.97 Å². The summed E-state index contributed by atoms with van der Waals surface area (Å²) in [6.07, 6.45) is 2.23. The average Bonchev–Trinajstić information content (AvgIpc) is 1.95. The molecule has 0 saturated carbocycles. The Kier molecular flexibility index (Phi) is 5.24. The zero-order valence-electron chi connectivity index (χ0n) is 10.3. The number of aliphatic hydroxyl groups is 1. The molecular weight excluding hydrogens is 194 g/mol. The smallest absolute Gasteiger partial charge is 0.306 e. The monoisotopic (exact) mass is 218 g/mol. The molecule has 0 aliphatic heterocycles. The van der Waals surface area contributed by atoms with Crippen LogP contribution in [0.4, 0.5) is 0 Å². The molecule has 4 nitrogen and oxygen atoms in total. The van der Waals surface area contributed by atoms with Gasteiger partial charge in [-0.3, -0.25) is 4.79 Å². The molecule has 0 aliphatic rings. The summed E-state index contributed by atoms with van der Waals surface area (Å²) in [6, 6.07) is 0. The predicted molar refractivity (Wildman–Crippen MR) is 59.6 cm³/mol. The first-order valence-electron chi connectivity index (χ1n) is 5.43. The summed E-state index contributed by atoms with van der Waals surface area (Å²) in [6.45, 7) is 2.51. The van der Waals surface area contributed by atoms with Crippen LogP contribution in [0, 0.1) is 0 Å². The molecule has 0 heterocycles. The Balaban J connectivity index is 4.46. The predicted octanol–water partition coefficient (Wildman–Crippen LogP) is 1.09. The van der Waals surface area contributed by atoms with Crippen molar-refractivity contribution in [2.24, 2.45) is 0 Å². The molecule has 0 rings (SSSR count). The van der Waals surface area contributed by atoms with Crippen LogP contribution >= 0.6 is 0 Å². The Morgan fingerprint density at radius 2 is 1.87 bits per heavy atom. The number of carboxylic acid groups (broad SMARTS) is 1. The first kappa shape index (κ1) is 14.4.